The molecule has 4 heterocycles. The predicted molar refractivity (Wildman–Crippen MR) is 118 cm³/mol. The second-order valence-electron chi connectivity index (χ2n) is 7.37. The van der Waals surface area contributed by atoms with Crippen LogP contribution in [-0.4, -0.2) is 40.0 Å². The second-order valence-corrected chi connectivity index (χ2v) is 7.37. The van der Waals surface area contributed by atoms with Gasteiger partial charge in [0.25, 0.3) is 0 Å². The maximum atomic E-state index is 8.97. The average molecular weight is 417 g/mol. The normalized spacial score (nSPS) is 11.2. The topological polar surface area (TPSA) is 114 Å². The molecule has 2 aromatic carbocycles. The molecule has 0 atom stereocenters. The summed E-state index contributed by atoms with van der Waals surface area (Å²) in [5.41, 5.74) is 6.85. The third kappa shape index (κ3) is 2.98. The molecule has 0 saturated carbocycles. The fourth-order valence-electron chi connectivity index (χ4n) is 3.77. The highest BCUT2D eigenvalue weighted by molar-refractivity contribution is 5.84. The minimum Gasteiger partial charge on any atom is -0.278 e. The lowest BCUT2D eigenvalue weighted by atomic mass is 10.1. The molecule has 6 rings (SSSR count). The first-order valence-electron chi connectivity index (χ1n) is 9.95. The highest BCUT2D eigenvalue weighted by atomic mass is 15.4. The molecule has 0 bridgehead atoms. The van der Waals surface area contributed by atoms with E-state index in [-0.39, 0.29) is 0 Å². The van der Waals surface area contributed by atoms with Crippen molar-refractivity contribution in [2.45, 2.75) is 6.54 Å². The van der Waals surface area contributed by atoms with Gasteiger partial charge >= 0.3 is 0 Å². The maximum Gasteiger partial charge on any atom is 0.113 e. The van der Waals surface area contributed by atoms with Crippen molar-refractivity contribution in [2.24, 2.45) is 0 Å². The van der Waals surface area contributed by atoms with Gasteiger partial charge in [-0.1, -0.05) is 11.3 Å². The van der Waals surface area contributed by atoms with Crippen LogP contribution in [0.5, 0.6) is 0 Å². The van der Waals surface area contributed by atoms with E-state index in [0.29, 0.717) is 12.1 Å². The first kappa shape index (κ1) is 18.0. The second kappa shape index (κ2) is 7.14. The molecule has 9 nitrogen and oxygen atoms in total. The Hall–Kier alpha value is -4.84. The van der Waals surface area contributed by atoms with Crippen LogP contribution in [0.25, 0.3) is 38.9 Å². The van der Waals surface area contributed by atoms with Crippen LogP contribution in [0.15, 0.2) is 73.2 Å². The zero-order valence-electron chi connectivity index (χ0n) is 16.7. The Morgan fingerprint density at radius 3 is 2.84 bits per heavy atom. The van der Waals surface area contributed by atoms with Crippen molar-refractivity contribution in [3.63, 3.8) is 0 Å². The van der Waals surface area contributed by atoms with E-state index in [1.807, 2.05) is 51.8 Å². The van der Waals surface area contributed by atoms with Gasteiger partial charge in [-0.2, -0.15) is 15.5 Å². The minimum absolute atomic E-state index is 0.500. The molecular formula is C23H15N9. The van der Waals surface area contributed by atoms with Crippen molar-refractivity contribution >= 4 is 21.9 Å². The van der Waals surface area contributed by atoms with Crippen LogP contribution in [-0.2, 0) is 6.54 Å². The van der Waals surface area contributed by atoms with E-state index in [1.165, 1.54) is 0 Å². The summed E-state index contributed by atoms with van der Waals surface area (Å²) >= 11 is 0. The van der Waals surface area contributed by atoms with Crippen LogP contribution in [0, 0.1) is 11.3 Å². The molecule has 0 amide bonds. The van der Waals surface area contributed by atoms with Crippen molar-refractivity contribution in [1.82, 2.24) is 40.0 Å². The molecule has 4 aromatic heterocycles. The van der Waals surface area contributed by atoms with Crippen LogP contribution >= 0.6 is 0 Å². The maximum absolute atomic E-state index is 8.97. The lowest BCUT2D eigenvalue weighted by Crippen LogP contribution is -2.05. The summed E-state index contributed by atoms with van der Waals surface area (Å²) in [6.45, 7) is 0.500. The van der Waals surface area contributed by atoms with Gasteiger partial charge < -0.3 is 0 Å². The fourth-order valence-corrected chi connectivity index (χ4v) is 3.77. The summed E-state index contributed by atoms with van der Waals surface area (Å²) in [5.74, 6) is 0. The number of fused-ring (bicyclic) bond motifs is 2. The molecule has 0 fully saturated rings. The molecule has 0 aliphatic carbocycles. The summed E-state index contributed by atoms with van der Waals surface area (Å²) < 4.78 is 3.71. The highest BCUT2D eigenvalue weighted by Crippen LogP contribution is 2.26. The number of nitriles is 1. The lowest BCUT2D eigenvalue weighted by molar-refractivity contribution is 0.680. The standard InChI is InChI=1S/C23H15N9/c24-11-15-1-4-18(25-12-15)14-31-22(7-8-27-31)16-3-6-20-23(9-16)32(30-29-20)19-5-2-17-13-26-28-21(17)10-19/h1-10,12-13H,14H2,(H,26,28). The summed E-state index contributed by atoms with van der Waals surface area (Å²) in [6, 6.07) is 19.7. The third-order valence-electron chi connectivity index (χ3n) is 5.39. The smallest absolute Gasteiger partial charge is 0.113 e. The highest BCUT2D eigenvalue weighted by Gasteiger charge is 2.12. The molecule has 0 saturated heterocycles. The van der Waals surface area contributed by atoms with Gasteiger partial charge in [-0.25, -0.2) is 4.68 Å². The average Bonchev–Trinajstić information content (AvgIpc) is 3.58. The number of pyridine rings is 1. The van der Waals surface area contributed by atoms with Gasteiger partial charge in [0.1, 0.15) is 11.6 Å². The van der Waals surface area contributed by atoms with Crippen LogP contribution < -0.4 is 0 Å². The first-order chi connectivity index (χ1) is 15.8. The third-order valence-corrected chi connectivity index (χ3v) is 5.39. The number of H-pyrrole nitrogens is 1. The van der Waals surface area contributed by atoms with Gasteiger partial charge in [0.05, 0.1) is 46.4 Å². The largest absolute Gasteiger partial charge is 0.278 e. The van der Waals surface area contributed by atoms with Gasteiger partial charge in [-0.05, 0) is 48.5 Å². The Kier molecular flexibility index (Phi) is 4.01. The van der Waals surface area contributed by atoms with Crippen molar-refractivity contribution in [1.29, 1.82) is 5.26 Å². The van der Waals surface area contributed by atoms with E-state index in [9.17, 15) is 0 Å². The molecule has 0 radical (unpaired) electrons. The van der Waals surface area contributed by atoms with Crippen molar-refractivity contribution < 1.29 is 0 Å². The van der Waals surface area contributed by atoms with Crippen LogP contribution in [0.4, 0.5) is 0 Å². The number of hydrogen-bond acceptors (Lipinski definition) is 6. The van der Waals surface area contributed by atoms with Gasteiger partial charge in [0, 0.05) is 23.3 Å². The Morgan fingerprint density at radius 2 is 1.97 bits per heavy atom. The van der Waals surface area contributed by atoms with E-state index in [2.05, 4.69) is 42.7 Å². The molecule has 9 heteroatoms. The summed E-state index contributed by atoms with van der Waals surface area (Å²) in [7, 11) is 0. The van der Waals surface area contributed by atoms with E-state index in [0.717, 1.165) is 44.6 Å². The Bertz CT molecular complexity index is 1610. The predicted octanol–water partition coefficient (Wildman–Crippen LogP) is 3.48. The summed E-state index contributed by atoms with van der Waals surface area (Å²) in [4.78, 5) is 4.36. The first-order valence-corrected chi connectivity index (χ1v) is 9.95. The van der Waals surface area contributed by atoms with Gasteiger partial charge in [0.15, 0.2) is 0 Å². The van der Waals surface area contributed by atoms with E-state index in [4.69, 9.17) is 5.26 Å². The zero-order valence-corrected chi connectivity index (χ0v) is 16.7. The fraction of sp³-hybridized carbons (Fsp3) is 0.0435. The van der Waals surface area contributed by atoms with Gasteiger partial charge in [0.2, 0.25) is 0 Å². The van der Waals surface area contributed by atoms with Crippen molar-refractivity contribution in [3.8, 4) is 23.0 Å². The van der Waals surface area contributed by atoms with E-state index < -0.39 is 0 Å². The van der Waals surface area contributed by atoms with E-state index >= 15 is 0 Å². The quantitative estimate of drug-likeness (QED) is 0.470. The van der Waals surface area contributed by atoms with Gasteiger partial charge in [-0.3, -0.25) is 14.8 Å². The summed E-state index contributed by atoms with van der Waals surface area (Å²) in [5, 5.41) is 30.2. The number of aromatic amines is 1. The molecule has 0 spiro atoms. The SMILES string of the molecule is N#Cc1ccc(Cn2nccc2-c2ccc3nnn(-c4ccc5cn[nH]c5c4)c3c2)nc1. The molecule has 32 heavy (non-hydrogen) atoms. The Morgan fingerprint density at radius 1 is 1.00 bits per heavy atom. The Balaban J connectivity index is 1.39. The molecule has 152 valence electrons. The number of hydrogen-bond donors (Lipinski definition) is 1. The van der Waals surface area contributed by atoms with Crippen LogP contribution in [0.3, 0.4) is 0 Å². The van der Waals surface area contributed by atoms with Crippen molar-refractivity contribution in [2.75, 3.05) is 0 Å². The number of nitrogens with zero attached hydrogens (tertiary/aromatic N) is 8. The molecular weight excluding hydrogens is 402 g/mol. The number of benzene rings is 2. The molecule has 0 aliphatic rings. The van der Waals surface area contributed by atoms with Gasteiger partial charge in [-0.15, -0.1) is 5.10 Å². The van der Waals surface area contributed by atoms with Crippen molar-refractivity contribution in [3.05, 3.63) is 84.4 Å². The summed E-state index contributed by atoms with van der Waals surface area (Å²) in [6.07, 6.45) is 5.14. The van der Waals surface area contributed by atoms with Crippen LogP contribution in [0.2, 0.25) is 0 Å². The van der Waals surface area contributed by atoms with Crippen LogP contribution in [0.1, 0.15) is 11.3 Å². The minimum atomic E-state index is 0.500. The van der Waals surface area contributed by atoms with E-state index in [1.54, 1.807) is 24.7 Å². The number of rotatable bonds is 4. The molecule has 0 aliphatic heterocycles. The molecule has 6 aromatic rings. The zero-order chi connectivity index (χ0) is 21.5. The molecule has 1 N–H and O–H groups in total. The Labute approximate surface area is 181 Å². The molecule has 0 unspecified atom stereocenters. The number of aromatic nitrogens is 8. The monoisotopic (exact) mass is 417 g/mol. The number of nitrogens with one attached hydrogen (secondary N) is 1. The lowest BCUT2D eigenvalue weighted by Gasteiger charge is -2.08.